The molecule has 1 fully saturated rings. The summed E-state index contributed by atoms with van der Waals surface area (Å²) in [5, 5.41) is 0. The van der Waals surface area contributed by atoms with Crippen molar-refractivity contribution >= 4 is 12.0 Å². The molecule has 0 atom stereocenters. The molecule has 0 bridgehead atoms. The largest absolute Gasteiger partial charge is 0.369 e. The van der Waals surface area contributed by atoms with Gasteiger partial charge in [0.15, 0.2) is 0 Å². The van der Waals surface area contributed by atoms with Gasteiger partial charge in [0.2, 0.25) is 0 Å². The Morgan fingerprint density at radius 3 is 2.33 bits per heavy atom. The summed E-state index contributed by atoms with van der Waals surface area (Å²) in [6.07, 6.45) is 3.05. The fraction of sp³-hybridized carbons (Fsp3) is 0.611. The normalized spacial score (nSPS) is 17.0. The van der Waals surface area contributed by atoms with Crippen molar-refractivity contribution in [3.8, 4) is 0 Å². The van der Waals surface area contributed by atoms with Crippen molar-refractivity contribution in [2.75, 3.05) is 37.6 Å². The maximum Gasteiger partial charge on any atom is 0.127 e. The lowest BCUT2D eigenvalue weighted by Crippen LogP contribution is -2.50. The van der Waals surface area contributed by atoms with Gasteiger partial charge in [0, 0.05) is 43.8 Å². The lowest BCUT2D eigenvalue weighted by atomic mass is 9.83. The van der Waals surface area contributed by atoms with Gasteiger partial charge in [-0.05, 0) is 37.5 Å². The first kappa shape index (κ1) is 16.0. The molecular formula is C18H28N2O. The van der Waals surface area contributed by atoms with E-state index in [0.29, 0.717) is 0 Å². The Kier molecular flexibility index (Phi) is 5.40. The third-order valence-electron chi connectivity index (χ3n) is 4.94. The number of piperazine rings is 1. The van der Waals surface area contributed by atoms with Crippen LogP contribution in [0, 0.1) is 12.3 Å². The maximum atomic E-state index is 11.4. The summed E-state index contributed by atoms with van der Waals surface area (Å²) in [7, 11) is 0. The quantitative estimate of drug-likeness (QED) is 0.751. The van der Waals surface area contributed by atoms with Gasteiger partial charge in [-0.25, -0.2) is 0 Å². The van der Waals surface area contributed by atoms with Crippen molar-refractivity contribution in [3.05, 3.63) is 29.8 Å². The molecule has 1 aliphatic rings. The van der Waals surface area contributed by atoms with Crippen LogP contribution in [0.3, 0.4) is 0 Å². The van der Waals surface area contributed by atoms with Crippen LogP contribution in [0.5, 0.6) is 0 Å². The lowest BCUT2D eigenvalue weighted by molar-refractivity contribution is -0.117. The molecule has 1 aliphatic heterocycles. The first-order valence-electron chi connectivity index (χ1n) is 8.13. The van der Waals surface area contributed by atoms with Crippen LogP contribution in [0.15, 0.2) is 24.3 Å². The predicted octanol–water partition coefficient (Wildman–Crippen LogP) is 3.12. The van der Waals surface area contributed by atoms with Crippen LogP contribution in [0.25, 0.3) is 0 Å². The highest BCUT2D eigenvalue weighted by Gasteiger charge is 2.29. The van der Waals surface area contributed by atoms with Crippen LogP contribution in [-0.4, -0.2) is 43.9 Å². The summed E-state index contributed by atoms with van der Waals surface area (Å²) in [6, 6.07) is 8.71. The minimum absolute atomic E-state index is 0.147. The summed E-state index contributed by atoms with van der Waals surface area (Å²) in [5.74, 6) is 0. The van der Waals surface area contributed by atoms with Crippen molar-refractivity contribution in [1.29, 1.82) is 0 Å². The molecule has 0 saturated carbocycles. The number of rotatable bonds is 6. The zero-order chi connectivity index (χ0) is 15.3. The molecule has 3 nitrogen and oxygen atoms in total. The molecule has 116 valence electrons. The highest BCUT2D eigenvalue weighted by atomic mass is 16.1. The second-order valence-corrected chi connectivity index (χ2v) is 6.29. The third-order valence-corrected chi connectivity index (χ3v) is 4.94. The predicted molar refractivity (Wildman–Crippen MR) is 88.9 cm³/mol. The van der Waals surface area contributed by atoms with Crippen molar-refractivity contribution in [2.24, 2.45) is 5.41 Å². The van der Waals surface area contributed by atoms with Gasteiger partial charge in [-0.2, -0.15) is 0 Å². The van der Waals surface area contributed by atoms with Crippen LogP contribution in [0.4, 0.5) is 5.69 Å². The van der Waals surface area contributed by atoms with Gasteiger partial charge < -0.3 is 9.69 Å². The monoisotopic (exact) mass is 288 g/mol. The second-order valence-electron chi connectivity index (χ2n) is 6.29. The Balaban J connectivity index is 1.93. The number of aldehydes is 1. The van der Waals surface area contributed by atoms with Crippen molar-refractivity contribution in [3.63, 3.8) is 0 Å². The number of hydrogen-bond donors (Lipinski definition) is 0. The molecular weight excluding hydrogens is 260 g/mol. The van der Waals surface area contributed by atoms with Gasteiger partial charge in [-0.1, -0.05) is 26.0 Å². The van der Waals surface area contributed by atoms with E-state index in [4.69, 9.17) is 0 Å². The molecule has 1 saturated heterocycles. The fourth-order valence-electron chi connectivity index (χ4n) is 3.11. The van der Waals surface area contributed by atoms with Gasteiger partial charge in [0.1, 0.15) is 6.29 Å². The van der Waals surface area contributed by atoms with Crippen LogP contribution >= 0.6 is 0 Å². The van der Waals surface area contributed by atoms with Crippen molar-refractivity contribution in [2.45, 2.75) is 33.6 Å². The molecule has 0 aliphatic carbocycles. The fourth-order valence-corrected chi connectivity index (χ4v) is 3.11. The molecule has 21 heavy (non-hydrogen) atoms. The van der Waals surface area contributed by atoms with E-state index in [1.54, 1.807) is 0 Å². The smallest absolute Gasteiger partial charge is 0.127 e. The molecule has 0 spiro atoms. The highest BCUT2D eigenvalue weighted by molar-refractivity contribution is 5.59. The van der Waals surface area contributed by atoms with Gasteiger partial charge in [-0.15, -0.1) is 0 Å². The molecule has 0 unspecified atom stereocenters. The van der Waals surface area contributed by atoms with Gasteiger partial charge >= 0.3 is 0 Å². The molecule has 1 aromatic rings. The zero-order valence-corrected chi connectivity index (χ0v) is 13.6. The Hall–Kier alpha value is -1.35. The van der Waals surface area contributed by atoms with E-state index in [2.05, 4.69) is 54.8 Å². The number of nitrogens with zero attached hydrogens (tertiary/aromatic N) is 2. The van der Waals surface area contributed by atoms with Gasteiger partial charge in [0.25, 0.3) is 0 Å². The number of anilines is 1. The summed E-state index contributed by atoms with van der Waals surface area (Å²) >= 11 is 0. The van der Waals surface area contributed by atoms with E-state index < -0.39 is 0 Å². The van der Waals surface area contributed by atoms with E-state index in [-0.39, 0.29) is 5.41 Å². The molecule has 0 amide bonds. The summed E-state index contributed by atoms with van der Waals surface area (Å²) < 4.78 is 0. The molecule has 3 heteroatoms. The van der Waals surface area contributed by atoms with E-state index in [1.165, 1.54) is 17.5 Å². The average molecular weight is 288 g/mol. The number of carbonyl (C=O) groups is 1. The second kappa shape index (κ2) is 7.08. The van der Waals surface area contributed by atoms with Crippen LogP contribution in [0.2, 0.25) is 0 Å². The molecule has 0 N–H and O–H groups in total. The summed E-state index contributed by atoms with van der Waals surface area (Å²) in [6.45, 7) is 11.5. The lowest BCUT2D eigenvalue weighted by Gasteiger charge is -2.40. The molecule has 1 heterocycles. The number of hydrogen-bond acceptors (Lipinski definition) is 3. The van der Waals surface area contributed by atoms with E-state index >= 15 is 0 Å². The number of benzene rings is 1. The van der Waals surface area contributed by atoms with Gasteiger partial charge in [0.05, 0.1) is 0 Å². The van der Waals surface area contributed by atoms with Gasteiger partial charge in [-0.3, -0.25) is 4.90 Å². The highest BCUT2D eigenvalue weighted by Crippen LogP contribution is 2.26. The molecule has 0 aromatic heterocycles. The van der Waals surface area contributed by atoms with E-state index in [9.17, 15) is 4.79 Å². The molecule has 0 radical (unpaired) electrons. The average Bonchev–Trinajstić information content (AvgIpc) is 2.53. The minimum Gasteiger partial charge on any atom is -0.369 e. The molecule has 1 aromatic carbocycles. The maximum absolute atomic E-state index is 11.4. The number of carbonyl (C=O) groups excluding carboxylic acids is 1. The standard InChI is InChI=1S/C18H28N2O/c1-4-18(5-2,15-21)14-19-9-11-20(12-10-19)17-8-6-7-16(3)13-17/h6-8,13,15H,4-5,9-12,14H2,1-3H3. The SMILES string of the molecule is CCC(C=O)(CC)CN1CCN(c2cccc(C)c2)CC1. The van der Waals surface area contributed by atoms with E-state index in [1.807, 2.05) is 0 Å². The molecule has 2 rings (SSSR count). The minimum atomic E-state index is -0.147. The zero-order valence-electron chi connectivity index (χ0n) is 13.6. The van der Waals surface area contributed by atoms with Crippen LogP contribution in [0.1, 0.15) is 32.3 Å². The third kappa shape index (κ3) is 3.85. The van der Waals surface area contributed by atoms with Crippen molar-refractivity contribution in [1.82, 2.24) is 4.90 Å². The Morgan fingerprint density at radius 2 is 1.81 bits per heavy atom. The first-order valence-corrected chi connectivity index (χ1v) is 8.13. The van der Waals surface area contributed by atoms with Crippen LogP contribution < -0.4 is 4.90 Å². The number of aryl methyl sites for hydroxylation is 1. The van der Waals surface area contributed by atoms with Crippen molar-refractivity contribution < 1.29 is 4.79 Å². The Morgan fingerprint density at radius 1 is 1.14 bits per heavy atom. The summed E-state index contributed by atoms with van der Waals surface area (Å²) in [5.41, 5.74) is 2.49. The first-order chi connectivity index (χ1) is 10.1. The Bertz CT molecular complexity index is 460. The summed E-state index contributed by atoms with van der Waals surface area (Å²) in [4.78, 5) is 16.3. The van der Waals surface area contributed by atoms with E-state index in [0.717, 1.165) is 45.6 Å². The Labute approximate surface area is 128 Å². The topological polar surface area (TPSA) is 23.6 Å². The van der Waals surface area contributed by atoms with Crippen LogP contribution in [-0.2, 0) is 4.79 Å².